The Hall–Kier alpha value is -3.67. The Bertz CT molecular complexity index is 1190. The molecule has 1 aromatic carbocycles. The van der Waals surface area contributed by atoms with Crippen LogP contribution >= 0.6 is 0 Å². The molecule has 5 N–H and O–H groups in total. The van der Waals surface area contributed by atoms with Crippen LogP contribution in [0.5, 0.6) is 11.5 Å². The third-order valence-electron chi connectivity index (χ3n) is 7.23. The van der Waals surface area contributed by atoms with Gasteiger partial charge in [0.2, 0.25) is 0 Å². The molecule has 0 saturated carbocycles. The monoisotopic (exact) mass is 574 g/mol. The minimum absolute atomic E-state index is 0.0360. The number of carbonyl (C=O) groups excluding carboxylic acids is 3. The molecule has 11 heteroatoms. The molecule has 6 atom stereocenters. The van der Waals surface area contributed by atoms with Crippen molar-refractivity contribution in [1.29, 1.82) is 0 Å². The maximum absolute atomic E-state index is 12.9. The van der Waals surface area contributed by atoms with Gasteiger partial charge in [-0.25, -0.2) is 4.79 Å². The number of rotatable bonds is 5. The standard InChI is InChI=1S/C30H42N2O9/c1-16-11-20-21(15-33)23(34)14-22(26(20)35)32-29(36)17(2)9-8-10-24(38-5)28(41-30(31)37)19(4)13-18(3)27(40-7)25(12-16)39-6/h8-10,13-16,18,24-25,27-28,34-35H,11-12H2,1-7H3,(H2,31,37)(H,32,36)/t16-,18-,24-,25-,27+,28-/m0/s1. The predicted molar refractivity (Wildman–Crippen MR) is 154 cm³/mol. The van der Waals surface area contributed by atoms with Gasteiger partial charge >= 0.3 is 6.09 Å². The van der Waals surface area contributed by atoms with Crippen molar-refractivity contribution in [3.63, 3.8) is 0 Å². The number of phenolic OH excluding ortho intramolecular Hbond substituents is 2. The van der Waals surface area contributed by atoms with Gasteiger partial charge in [0.15, 0.2) is 12.4 Å². The summed E-state index contributed by atoms with van der Waals surface area (Å²) in [7, 11) is 4.60. The summed E-state index contributed by atoms with van der Waals surface area (Å²) in [5.74, 6) is -1.58. The fraction of sp³-hybridized carbons (Fsp3) is 0.500. The zero-order valence-corrected chi connectivity index (χ0v) is 24.7. The van der Waals surface area contributed by atoms with Crippen molar-refractivity contribution in [3.8, 4) is 11.5 Å². The lowest BCUT2D eigenvalue weighted by Gasteiger charge is -2.32. The number of nitrogens with one attached hydrogen (secondary N) is 1. The van der Waals surface area contributed by atoms with Gasteiger partial charge in [-0.2, -0.15) is 0 Å². The zero-order valence-electron chi connectivity index (χ0n) is 24.7. The van der Waals surface area contributed by atoms with Crippen molar-refractivity contribution in [2.45, 2.75) is 65.0 Å². The Morgan fingerprint density at radius 2 is 1.80 bits per heavy atom. The van der Waals surface area contributed by atoms with E-state index >= 15 is 0 Å². The smallest absolute Gasteiger partial charge is 0.405 e. The highest BCUT2D eigenvalue weighted by atomic mass is 16.6. The Labute approximate surface area is 241 Å². The van der Waals surface area contributed by atoms with Crippen LogP contribution in [-0.4, -0.2) is 74.2 Å². The van der Waals surface area contributed by atoms with Crippen LogP contribution in [0.15, 0.2) is 41.5 Å². The average Bonchev–Trinajstić information content (AvgIpc) is 2.91. The fourth-order valence-electron chi connectivity index (χ4n) is 5.12. The summed E-state index contributed by atoms with van der Waals surface area (Å²) in [6.45, 7) is 7.21. The molecule has 1 aliphatic rings. The number of hydrogen-bond donors (Lipinski definition) is 4. The second kappa shape index (κ2) is 15.4. The topological polar surface area (TPSA) is 167 Å². The highest BCUT2D eigenvalue weighted by Crippen LogP contribution is 2.38. The van der Waals surface area contributed by atoms with Gasteiger partial charge in [0.1, 0.15) is 17.6 Å². The van der Waals surface area contributed by atoms with E-state index in [4.69, 9.17) is 24.7 Å². The van der Waals surface area contributed by atoms with Crippen molar-refractivity contribution in [3.05, 3.63) is 52.6 Å². The number of ether oxygens (including phenoxy) is 4. The molecule has 0 spiro atoms. The van der Waals surface area contributed by atoms with Gasteiger partial charge in [0.25, 0.3) is 5.91 Å². The van der Waals surface area contributed by atoms with E-state index < -0.39 is 36.4 Å². The molecular formula is C30H42N2O9. The second-order valence-electron chi connectivity index (χ2n) is 10.3. The molecule has 0 saturated heterocycles. The van der Waals surface area contributed by atoms with Crippen molar-refractivity contribution < 1.29 is 43.5 Å². The molecule has 0 fully saturated rings. The molecule has 41 heavy (non-hydrogen) atoms. The summed E-state index contributed by atoms with van der Waals surface area (Å²) >= 11 is 0. The molecule has 0 unspecified atom stereocenters. The average molecular weight is 575 g/mol. The Kier molecular flexibility index (Phi) is 12.6. The first-order chi connectivity index (χ1) is 19.4. The van der Waals surface area contributed by atoms with Gasteiger partial charge in [-0.3, -0.25) is 9.59 Å². The molecule has 2 bridgehead atoms. The minimum Gasteiger partial charge on any atom is -0.507 e. The number of fused-ring (bicyclic) bond motifs is 2. The minimum atomic E-state index is -0.971. The van der Waals surface area contributed by atoms with Crippen LogP contribution in [0, 0.1) is 11.8 Å². The van der Waals surface area contributed by atoms with E-state index in [1.165, 1.54) is 13.2 Å². The predicted octanol–water partition coefficient (Wildman–Crippen LogP) is 4.02. The number of nitrogens with two attached hydrogens (primary N) is 1. The second-order valence-corrected chi connectivity index (χ2v) is 10.3. The highest BCUT2D eigenvalue weighted by molar-refractivity contribution is 6.05. The number of hydrogen-bond acceptors (Lipinski definition) is 9. The number of phenols is 2. The van der Waals surface area contributed by atoms with E-state index in [0.717, 1.165) is 6.07 Å². The van der Waals surface area contributed by atoms with Crippen molar-refractivity contribution in [1.82, 2.24) is 0 Å². The third kappa shape index (κ3) is 8.66. The summed E-state index contributed by atoms with van der Waals surface area (Å²) in [6.07, 6.45) is 4.36. The summed E-state index contributed by atoms with van der Waals surface area (Å²) in [4.78, 5) is 36.5. The first kappa shape index (κ1) is 33.5. The van der Waals surface area contributed by atoms with E-state index in [9.17, 15) is 24.6 Å². The molecule has 1 heterocycles. The molecule has 226 valence electrons. The highest BCUT2D eigenvalue weighted by Gasteiger charge is 2.31. The van der Waals surface area contributed by atoms with Crippen LogP contribution < -0.4 is 11.1 Å². The van der Waals surface area contributed by atoms with E-state index in [1.807, 2.05) is 19.9 Å². The van der Waals surface area contributed by atoms with Gasteiger partial charge in [-0.1, -0.05) is 38.2 Å². The molecule has 2 amide bonds. The van der Waals surface area contributed by atoms with Crippen molar-refractivity contribution >= 4 is 24.0 Å². The van der Waals surface area contributed by atoms with E-state index in [-0.39, 0.29) is 52.1 Å². The lowest BCUT2D eigenvalue weighted by atomic mass is 9.87. The maximum atomic E-state index is 12.9. The molecule has 11 nitrogen and oxygen atoms in total. The number of methoxy groups -OCH3 is 3. The fourth-order valence-corrected chi connectivity index (χ4v) is 5.12. The van der Waals surface area contributed by atoms with Gasteiger partial charge in [-0.05, 0) is 38.2 Å². The van der Waals surface area contributed by atoms with Crippen LogP contribution in [-0.2, 0) is 30.2 Å². The molecule has 1 aromatic rings. The van der Waals surface area contributed by atoms with E-state index in [0.29, 0.717) is 18.3 Å². The SMILES string of the molecule is CO[C@H]1[C@@H](OC)C[C@@H](C)Cc2c(O)c(cc(O)c2C=O)NC(=O)C(C)=CC=C[C@H](OC)[C@@H](OC(N)=O)C(C)=C[C@@H]1C. The zero-order chi connectivity index (χ0) is 30.9. The van der Waals surface area contributed by atoms with Crippen LogP contribution in [0.4, 0.5) is 10.5 Å². The number of amides is 2. The van der Waals surface area contributed by atoms with Gasteiger partial charge in [0.05, 0.1) is 23.5 Å². The maximum Gasteiger partial charge on any atom is 0.405 e. The lowest BCUT2D eigenvalue weighted by molar-refractivity contribution is -0.112. The summed E-state index contributed by atoms with van der Waals surface area (Å²) in [5.41, 5.74) is 6.43. The molecule has 1 aliphatic heterocycles. The van der Waals surface area contributed by atoms with E-state index in [2.05, 4.69) is 5.32 Å². The summed E-state index contributed by atoms with van der Waals surface area (Å²) in [5, 5.41) is 24.2. The van der Waals surface area contributed by atoms with Gasteiger partial charge in [0, 0.05) is 44.5 Å². The number of aromatic hydroxyl groups is 2. The Morgan fingerprint density at radius 3 is 2.37 bits per heavy atom. The van der Waals surface area contributed by atoms with Gasteiger partial charge < -0.3 is 40.2 Å². The van der Waals surface area contributed by atoms with Crippen LogP contribution in [0.25, 0.3) is 0 Å². The van der Waals surface area contributed by atoms with Crippen LogP contribution in [0.2, 0.25) is 0 Å². The Balaban J connectivity index is 2.69. The summed E-state index contributed by atoms with van der Waals surface area (Å²) < 4.78 is 22.6. The van der Waals surface area contributed by atoms with E-state index in [1.54, 1.807) is 40.2 Å². The third-order valence-corrected chi connectivity index (χ3v) is 7.23. The quantitative estimate of drug-likeness (QED) is 0.176. The first-order valence-electron chi connectivity index (χ1n) is 13.3. The lowest BCUT2D eigenvalue weighted by Crippen LogP contribution is -2.38. The number of primary amides is 1. The molecular weight excluding hydrogens is 532 g/mol. The van der Waals surface area contributed by atoms with Gasteiger partial charge in [-0.15, -0.1) is 0 Å². The number of aldehydes is 1. The molecule has 0 aliphatic carbocycles. The molecule has 0 aromatic heterocycles. The number of allylic oxidation sites excluding steroid dienone is 2. The molecule has 2 rings (SSSR count). The largest absolute Gasteiger partial charge is 0.507 e. The first-order valence-corrected chi connectivity index (χ1v) is 13.3. The molecule has 0 radical (unpaired) electrons. The van der Waals surface area contributed by atoms with Crippen molar-refractivity contribution in [2.75, 3.05) is 26.6 Å². The normalized spacial score (nSPS) is 26.5. The summed E-state index contributed by atoms with van der Waals surface area (Å²) in [6, 6.07) is 1.14. The van der Waals surface area contributed by atoms with Crippen molar-refractivity contribution in [2.24, 2.45) is 17.6 Å². The number of benzene rings is 1. The number of anilines is 1. The van der Waals surface area contributed by atoms with Crippen LogP contribution in [0.1, 0.15) is 50.0 Å². The van der Waals surface area contributed by atoms with Crippen LogP contribution in [0.3, 0.4) is 0 Å². The number of carbonyl (C=O) groups is 3. The Morgan fingerprint density at radius 1 is 1.12 bits per heavy atom.